The van der Waals surface area contributed by atoms with Gasteiger partial charge < -0.3 is 5.73 Å². The molecule has 1 aromatic heterocycles. The lowest BCUT2D eigenvalue weighted by Crippen LogP contribution is -2.28. The average molecular weight is 282 g/mol. The third-order valence-electron chi connectivity index (χ3n) is 3.44. The molecule has 0 unspecified atom stereocenters. The molecule has 21 heavy (non-hydrogen) atoms. The SMILES string of the molecule is CC(C)CN(CCC#N)Cc1ccc(N)c2cccnc12. The highest BCUT2D eigenvalue weighted by Crippen LogP contribution is 2.23. The lowest BCUT2D eigenvalue weighted by molar-refractivity contribution is 0.242. The first kappa shape index (κ1) is 15.3. The zero-order valence-electron chi connectivity index (χ0n) is 12.7. The molecule has 4 heteroatoms. The van der Waals surface area contributed by atoms with Crippen molar-refractivity contribution in [2.75, 3.05) is 18.8 Å². The summed E-state index contributed by atoms with van der Waals surface area (Å²) in [4.78, 5) is 6.80. The molecule has 0 saturated carbocycles. The highest BCUT2D eigenvalue weighted by atomic mass is 15.1. The Kier molecular flexibility index (Phi) is 5.13. The first-order chi connectivity index (χ1) is 10.1. The van der Waals surface area contributed by atoms with Crippen molar-refractivity contribution in [2.45, 2.75) is 26.8 Å². The van der Waals surface area contributed by atoms with Crippen molar-refractivity contribution in [1.29, 1.82) is 5.26 Å². The van der Waals surface area contributed by atoms with E-state index in [-0.39, 0.29) is 0 Å². The number of fused-ring (bicyclic) bond motifs is 1. The van der Waals surface area contributed by atoms with Gasteiger partial charge >= 0.3 is 0 Å². The number of hydrogen-bond donors (Lipinski definition) is 1. The fourth-order valence-electron chi connectivity index (χ4n) is 2.58. The molecule has 2 rings (SSSR count). The Hall–Kier alpha value is -2.12. The minimum absolute atomic E-state index is 0.549. The van der Waals surface area contributed by atoms with Gasteiger partial charge in [-0.2, -0.15) is 5.26 Å². The van der Waals surface area contributed by atoms with Gasteiger partial charge in [0.2, 0.25) is 0 Å². The molecule has 1 heterocycles. The fourth-order valence-corrected chi connectivity index (χ4v) is 2.58. The zero-order chi connectivity index (χ0) is 15.2. The number of nitrogens with zero attached hydrogens (tertiary/aromatic N) is 3. The maximum absolute atomic E-state index is 8.82. The van der Waals surface area contributed by atoms with Crippen LogP contribution in [0.15, 0.2) is 30.5 Å². The minimum Gasteiger partial charge on any atom is -0.398 e. The molecule has 0 radical (unpaired) electrons. The Morgan fingerprint density at radius 2 is 2.14 bits per heavy atom. The molecule has 0 fully saturated rings. The van der Waals surface area contributed by atoms with Crippen LogP contribution >= 0.6 is 0 Å². The number of aromatic nitrogens is 1. The summed E-state index contributed by atoms with van der Waals surface area (Å²) in [5.41, 5.74) is 8.91. The Balaban J connectivity index is 2.28. The van der Waals surface area contributed by atoms with E-state index in [9.17, 15) is 0 Å². The highest BCUT2D eigenvalue weighted by molar-refractivity contribution is 5.92. The molecule has 0 aliphatic heterocycles. The monoisotopic (exact) mass is 282 g/mol. The third-order valence-corrected chi connectivity index (χ3v) is 3.44. The van der Waals surface area contributed by atoms with Crippen molar-refractivity contribution in [1.82, 2.24) is 9.88 Å². The fraction of sp³-hybridized carbons (Fsp3) is 0.412. The maximum atomic E-state index is 8.82. The van der Waals surface area contributed by atoms with E-state index < -0.39 is 0 Å². The standard InChI is InChI=1S/C17H22N4/c1-13(2)11-21(10-4-8-18)12-14-6-7-16(19)15-5-3-9-20-17(14)15/h3,5-7,9,13H,4,10-12,19H2,1-2H3. The minimum atomic E-state index is 0.549. The van der Waals surface area contributed by atoms with Crippen LogP contribution in [0.3, 0.4) is 0 Å². The molecular weight excluding hydrogens is 260 g/mol. The van der Waals surface area contributed by atoms with Crippen molar-refractivity contribution < 1.29 is 0 Å². The summed E-state index contributed by atoms with van der Waals surface area (Å²) in [5.74, 6) is 0.566. The van der Waals surface area contributed by atoms with Gasteiger partial charge in [-0.25, -0.2) is 0 Å². The normalized spacial score (nSPS) is 11.2. The predicted molar refractivity (Wildman–Crippen MR) is 86.5 cm³/mol. The summed E-state index contributed by atoms with van der Waals surface area (Å²) < 4.78 is 0. The van der Waals surface area contributed by atoms with Gasteiger partial charge in [0.1, 0.15) is 0 Å². The molecule has 0 saturated heterocycles. The van der Waals surface area contributed by atoms with E-state index in [0.717, 1.165) is 36.2 Å². The number of hydrogen-bond acceptors (Lipinski definition) is 4. The third kappa shape index (κ3) is 3.93. The van der Waals surface area contributed by atoms with Gasteiger partial charge in [-0.05, 0) is 29.7 Å². The van der Waals surface area contributed by atoms with Crippen LogP contribution in [0.1, 0.15) is 25.8 Å². The average Bonchev–Trinajstić information content (AvgIpc) is 2.47. The maximum Gasteiger partial charge on any atom is 0.0767 e. The number of nitriles is 1. The van der Waals surface area contributed by atoms with Crippen molar-refractivity contribution in [3.05, 3.63) is 36.0 Å². The molecular formula is C17H22N4. The number of benzene rings is 1. The van der Waals surface area contributed by atoms with Crippen molar-refractivity contribution in [2.24, 2.45) is 5.92 Å². The van der Waals surface area contributed by atoms with Gasteiger partial charge in [0.25, 0.3) is 0 Å². The summed E-state index contributed by atoms with van der Waals surface area (Å²) in [6, 6.07) is 10.1. The van der Waals surface area contributed by atoms with E-state index in [0.29, 0.717) is 12.3 Å². The predicted octanol–water partition coefficient (Wildman–Crippen LogP) is 3.19. The Morgan fingerprint density at radius 1 is 1.33 bits per heavy atom. The topological polar surface area (TPSA) is 65.9 Å². The van der Waals surface area contributed by atoms with Crippen LogP contribution in [0.4, 0.5) is 5.69 Å². The largest absolute Gasteiger partial charge is 0.398 e. The molecule has 1 aromatic carbocycles. The van der Waals surface area contributed by atoms with Crippen LogP contribution in [-0.2, 0) is 6.54 Å². The van der Waals surface area contributed by atoms with Crippen molar-refractivity contribution in [3.8, 4) is 6.07 Å². The van der Waals surface area contributed by atoms with Gasteiger partial charge in [0.05, 0.1) is 11.6 Å². The van der Waals surface area contributed by atoms with Crippen LogP contribution in [0.25, 0.3) is 10.9 Å². The molecule has 0 spiro atoms. The molecule has 4 nitrogen and oxygen atoms in total. The first-order valence-corrected chi connectivity index (χ1v) is 7.33. The van der Waals surface area contributed by atoms with Gasteiger partial charge in [-0.1, -0.05) is 19.9 Å². The summed E-state index contributed by atoms with van der Waals surface area (Å²) in [6.07, 6.45) is 2.35. The van der Waals surface area contributed by atoms with Gasteiger partial charge in [0, 0.05) is 43.3 Å². The van der Waals surface area contributed by atoms with E-state index in [4.69, 9.17) is 11.0 Å². The molecule has 0 atom stereocenters. The molecule has 110 valence electrons. The van der Waals surface area contributed by atoms with E-state index in [1.807, 2.05) is 24.3 Å². The van der Waals surface area contributed by atoms with E-state index in [2.05, 4.69) is 29.8 Å². The van der Waals surface area contributed by atoms with Crippen LogP contribution in [0.2, 0.25) is 0 Å². The molecule has 0 aliphatic carbocycles. The second-order valence-electron chi connectivity index (χ2n) is 5.75. The molecule has 2 aromatic rings. The second-order valence-corrected chi connectivity index (χ2v) is 5.75. The van der Waals surface area contributed by atoms with Crippen molar-refractivity contribution in [3.63, 3.8) is 0 Å². The molecule has 0 aliphatic rings. The smallest absolute Gasteiger partial charge is 0.0767 e. The van der Waals surface area contributed by atoms with E-state index >= 15 is 0 Å². The molecule has 0 amide bonds. The van der Waals surface area contributed by atoms with Crippen LogP contribution < -0.4 is 5.73 Å². The lowest BCUT2D eigenvalue weighted by atomic mass is 10.1. The Bertz CT molecular complexity index is 643. The van der Waals surface area contributed by atoms with Crippen LogP contribution in [-0.4, -0.2) is 23.0 Å². The number of anilines is 1. The lowest BCUT2D eigenvalue weighted by Gasteiger charge is -2.24. The van der Waals surface area contributed by atoms with E-state index in [1.54, 1.807) is 6.20 Å². The summed E-state index contributed by atoms with van der Waals surface area (Å²) in [5, 5.41) is 9.82. The van der Waals surface area contributed by atoms with Crippen LogP contribution in [0, 0.1) is 17.2 Å². The van der Waals surface area contributed by atoms with Gasteiger partial charge in [-0.3, -0.25) is 9.88 Å². The number of rotatable bonds is 6. The second kappa shape index (κ2) is 7.05. The molecule has 2 N–H and O–H groups in total. The number of pyridine rings is 1. The van der Waals surface area contributed by atoms with Crippen molar-refractivity contribution >= 4 is 16.6 Å². The van der Waals surface area contributed by atoms with E-state index in [1.165, 1.54) is 5.56 Å². The Morgan fingerprint density at radius 3 is 2.86 bits per heavy atom. The summed E-state index contributed by atoms with van der Waals surface area (Å²) in [7, 11) is 0. The van der Waals surface area contributed by atoms with Gasteiger partial charge in [0.15, 0.2) is 0 Å². The summed E-state index contributed by atoms with van der Waals surface area (Å²) in [6.45, 7) is 6.94. The van der Waals surface area contributed by atoms with Crippen LogP contribution in [0.5, 0.6) is 0 Å². The number of nitrogens with two attached hydrogens (primary N) is 1. The molecule has 0 bridgehead atoms. The quantitative estimate of drug-likeness (QED) is 0.826. The van der Waals surface area contributed by atoms with Gasteiger partial charge in [-0.15, -0.1) is 0 Å². The summed E-state index contributed by atoms with van der Waals surface area (Å²) >= 11 is 0. The zero-order valence-corrected chi connectivity index (χ0v) is 12.7. The first-order valence-electron chi connectivity index (χ1n) is 7.33. The number of nitrogen functional groups attached to an aromatic ring is 1. The highest BCUT2D eigenvalue weighted by Gasteiger charge is 2.11. The Labute approximate surface area is 126 Å².